The molecule has 0 amide bonds. The summed E-state index contributed by atoms with van der Waals surface area (Å²) in [7, 11) is 4.12. The van der Waals surface area contributed by atoms with Crippen LogP contribution in [0.1, 0.15) is 24.0 Å². The Morgan fingerprint density at radius 1 is 0.909 bits per heavy atom. The third-order valence-corrected chi connectivity index (χ3v) is 4.21. The van der Waals surface area contributed by atoms with Crippen molar-refractivity contribution >= 4 is 0 Å². The molecule has 0 spiro atoms. The van der Waals surface area contributed by atoms with Crippen LogP contribution in [0.2, 0.25) is 0 Å². The molecule has 0 aromatic heterocycles. The second-order valence-electron chi connectivity index (χ2n) is 6.10. The number of hydrogen-bond acceptors (Lipinski definition) is 2. The van der Waals surface area contributed by atoms with Crippen molar-refractivity contribution in [2.24, 2.45) is 0 Å². The number of nitrogens with zero attached hydrogens (tertiary/aromatic N) is 2. The molecular formula is C20H24N2. The molecule has 0 aliphatic carbocycles. The van der Waals surface area contributed by atoms with Crippen LogP contribution in [-0.2, 0) is 11.8 Å². The lowest BCUT2D eigenvalue weighted by atomic mass is 9.74. The largest absolute Gasteiger partial charge is 0.309 e. The highest BCUT2D eigenvalue weighted by Crippen LogP contribution is 2.32. The lowest BCUT2D eigenvalue weighted by molar-refractivity contribution is 0.342. The van der Waals surface area contributed by atoms with E-state index in [0.717, 1.165) is 31.4 Å². The van der Waals surface area contributed by atoms with Gasteiger partial charge in [-0.2, -0.15) is 5.26 Å². The first-order valence-electron chi connectivity index (χ1n) is 7.82. The standard InChI is InChI=1S/C20H24N2/c1-22(2)16-15-20(17-21,19-11-7-4-8-12-19)14-13-18-9-5-3-6-10-18/h3-12H,13-16H2,1-2H3. The van der Waals surface area contributed by atoms with Crippen molar-refractivity contribution in [2.45, 2.75) is 24.7 Å². The minimum absolute atomic E-state index is 0.415. The zero-order valence-corrected chi connectivity index (χ0v) is 13.5. The molecule has 22 heavy (non-hydrogen) atoms. The zero-order valence-electron chi connectivity index (χ0n) is 13.5. The number of aryl methyl sites for hydroxylation is 1. The van der Waals surface area contributed by atoms with Gasteiger partial charge in [-0.15, -0.1) is 0 Å². The first kappa shape index (κ1) is 16.3. The summed E-state index contributed by atoms with van der Waals surface area (Å²) in [6.45, 7) is 0.914. The van der Waals surface area contributed by atoms with Crippen LogP contribution < -0.4 is 0 Å². The van der Waals surface area contributed by atoms with Crippen LogP contribution in [0.4, 0.5) is 0 Å². The van der Waals surface area contributed by atoms with Crippen LogP contribution in [-0.4, -0.2) is 25.5 Å². The topological polar surface area (TPSA) is 27.0 Å². The Kier molecular flexibility index (Phi) is 5.75. The molecule has 0 aliphatic heterocycles. The normalized spacial score (nSPS) is 13.5. The third-order valence-electron chi connectivity index (χ3n) is 4.21. The van der Waals surface area contributed by atoms with E-state index in [1.165, 1.54) is 5.56 Å². The van der Waals surface area contributed by atoms with Crippen molar-refractivity contribution < 1.29 is 0 Å². The van der Waals surface area contributed by atoms with Crippen LogP contribution >= 0.6 is 0 Å². The van der Waals surface area contributed by atoms with Gasteiger partial charge in [0.15, 0.2) is 0 Å². The highest BCUT2D eigenvalue weighted by molar-refractivity contribution is 5.33. The Balaban J connectivity index is 2.22. The fourth-order valence-electron chi connectivity index (χ4n) is 2.76. The fourth-order valence-corrected chi connectivity index (χ4v) is 2.76. The van der Waals surface area contributed by atoms with Gasteiger partial charge >= 0.3 is 0 Å². The van der Waals surface area contributed by atoms with Gasteiger partial charge in [0.05, 0.1) is 11.5 Å². The van der Waals surface area contributed by atoms with E-state index < -0.39 is 5.41 Å². The summed E-state index contributed by atoms with van der Waals surface area (Å²) in [6, 6.07) is 23.3. The lowest BCUT2D eigenvalue weighted by Crippen LogP contribution is -2.30. The van der Waals surface area contributed by atoms with Crippen LogP contribution in [0.3, 0.4) is 0 Å². The predicted molar refractivity (Wildman–Crippen MR) is 91.7 cm³/mol. The minimum Gasteiger partial charge on any atom is -0.309 e. The number of nitriles is 1. The van der Waals surface area contributed by atoms with E-state index in [1.807, 2.05) is 24.3 Å². The SMILES string of the molecule is CN(C)CCC(C#N)(CCc1ccccc1)c1ccccc1. The molecule has 1 unspecified atom stereocenters. The van der Waals surface area contributed by atoms with Crippen LogP contribution in [0, 0.1) is 11.3 Å². The van der Waals surface area contributed by atoms with Gasteiger partial charge in [0.1, 0.15) is 0 Å². The van der Waals surface area contributed by atoms with E-state index in [0.29, 0.717) is 0 Å². The van der Waals surface area contributed by atoms with Gasteiger partial charge in [-0.1, -0.05) is 60.7 Å². The highest BCUT2D eigenvalue weighted by atomic mass is 15.0. The van der Waals surface area contributed by atoms with Gasteiger partial charge in [0.25, 0.3) is 0 Å². The summed E-state index contributed by atoms with van der Waals surface area (Å²) in [5, 5.41) is 9.95. The van der Waals surface area contributed by atoms with E-state index >= 15 is 0 Å². The Hall–Kier alpha value is -2.11. The molecule has 2 aromatic carbocycles. The van der Waals surface area contributed by atoms with Crippen LogP contribution in [0.25, 0.3) is 0 Å². The Labute approximate surface area is 134 Å². The van der Waals surface area contributed by atoms with E-state index in [-0.39, 0.29) is 0 Å². The van der Waals surface area contributed by atoms with Gasteiger partial charge in [0.2, 0.25) is 0 Å². The highest BCUT2D eigenvalue weighted by Gasteiger charge is 2.31. The summed E-state index contributed by atoms with van der Waals surface area (Å²) < 4.78 is 0. The molecule has 0 bridgehead atoms. The first-order valence-corrected chi connectivity index (χ1v) is 7.82. The van der Waals surface area contributed by atoms with E-state index in [4.69, 9.17) is 0 Å². The second-order valence-corrected chi connectivity index (χ2v) is 6.10. The smallest absolute Gasteiger partial charge is 0.0837 e. The van der Waals surface area contributed by atoms with Crippen molar-refractivity contribution in [3.05, 3.63) is 71.8 Å². The molecule has 2 heteroatoms. The summed E-state index contributed by atoms with van der Waals surface area (Å²) in [4.78, 5) is 2.15. The van der Waals surface area contributed by atoms with E-state index in [2.05, 4.69) is 61.5 Å². The maximum Gasteiger partial charge on any atom is 0.0837 e. The molecule has 0 N–H and O–H groups in total. The maximum atomic E-state index is 9.95. The number of rotatable bonds is 7. The molecule has 2 nitrogen and oxygen atoms in total. The van der Waals surface area contributed by atoms with Gasteiger partial charge in [0, 0.05) is 0 Å². The van der Waals surface area contributed by atoms with E-state index in [9.17, 15) is 5.26 Å². The van der Waals surface area contributed by atoms with Crippen molar-refractivity contribution in [3.8, 4) is 6.07 Å². The average Bonchev–Trinajstić information content (AvgIpc) is 2.57. The summed E-state index contributed by atoms with van der Waals surface area (Å²) in [5.41, 5.74) is 2.01. The zero-order chi connectivity index (χ0) is 15.8. The summed E-state index contributed by atoms with van der Waals surface area (Å²) in [6.07, 6.45) is 2.63. The van der Waals surface area contributed by atoms with E-state index in [1.54, 1.807) is 0 Å². The molecule has 0 fully saturated rings. The molecule has 0 saturated carbocycles. The molecule has 0 saturated heterocycles. The minimum atomic E-state index is -0.415. The van der Waals surface area contributed by atoms with Gasteiger partial charge in [-0.3, -0.25) is 0 Å². The average molecular weight is 292 g/mol. The monoisotopic (exact) mass is 292 g/mol. The summed E-state index contributed by atoms with van der Waals surface area (Å²) >= 11 is 0. The van der Waals surface area contributed by atoms with Crippen LogP contribution in [0.5, 0.6) is 0 Å². The number of benzene rings is 2. The van der Waals surface area contributed by atoms with Crippen molar-refractivity contribution in [1.82, 2.24) is 4.90 Å². The molecule has 0 heterocycles. The molecule has 0 radical (unpaired) electrons. The third kappa shape index (κ3) is 4.19. The maximum absolute atomic E-state index is 9.95. The predicted octanol–water partition coefficient (Wildman–Crippen LogP) is 4.03. The lowest BCUT2D eigenvalue weighted by Gasteiger charge is -2.29. The molecule has 0 aliphatic rings. The first-order chi connectivity index (χ1) is 10.7. The van der Waals surface area contributed by atoms with Crippen LogP contribution in [0.15, 0.2) is 60.7 Å². The Bertz CT molecular complexity index is 599. The molecule has 2 rings (SSSR count). The van der Waals surface area contributed by atoms with Gasteiger partial charge < -0.3 is 4.90 Å². The second kappa shape index (κ2) is 7.77. The fraction of sp³-hybridized carbons (Fsp3) is 0.350. The molecular weight excluding hydrogens is 268 g/mol. The van der Waals surface area contributed by atoms with Gasteiger partial charge in [-0.25, -0.2) is 0 Å². The molecule has 114 valence electrons. The number of hydrogen-bond donors (Lipinski definition) is 0. The quantitative estimate of drug-likeness (QED) is 0.770. The van der Waals surface area contributed by atoms with Crippen molar-refractivity contribution in [3.63, 3.8) is 0 Å². The molecule has 2 aromatic rings. The van der Waals surface area contributed by atoms with Crippen molar-refractivity contribution in [1.29, 1.82) is 5.26 Å². The van der Waals surface area contributed by atoms with Gasteiger partial charge in [-0.05, 0) is 51.0 Å². The Morgan fingerprint density at radius 2 is 1.50 bits per heavy atom. The summed E-state index contributed by atoms with van der Waals surface area (Å²) in [5.74, 6) is 0. The Morgan fingerprint density at radius 3 is 2.05 bits per heavy atom. The van der Waals surface area contributed by atoms with Crippen molar-refractivity contribution in [2.75, 3.05) is 20.6 Å². The molecule has 1 atom stereocenters.